The fourth-order valence-electron chi connectivity index (χ4n) is 0.908. The van der Waals surface area contributed by atoms with E-state index >= 15 is 0 Å². The third-order valence-corrected chi connectivity index (χ3v) is 1.76. The summed E-state index contributed by atoms with van der Waals surface area (Å²) in [5.74, 6) is 1.49. The van der Waals surface area contributed by atoms with Gasteiger partial charge in [0.25, 0.3) is 0 Å². The van der Waals surface area contributed by atoms with E-state index in [-0.39, 0.29) is 5.38 Å². The second kappa shape index (κ2) is 5.00. The molecule has 0 aliphatic heterocycles. The van der Waals surface area contributed by atoms with Crippen molar-refractivity contribution in [2.24, 2.45) is 0 Å². The Hall–Kier alpha value is -1.03. The average Bonchev–Trinajstić information content (AvgIpc) is 2.15. The molecule has 5 heteroatoms. The molecule has 14 heavy (non-hydrogen) atoms. The van der Waals surface area contributed by atoms with Crippen molar-refractivity contribution in [3.63, 3.8) is 0 Å². The Morgan fingerprint density at radius 3 is 2.86 bits per heavy atom. The maximum absolute atomic E-state index is 5.81. The van der Waals surface area contributed by atoms with E-state index in [1.807, 2.05) is 32.0 Å². The normalized spacial score (nSPS) is 12.3. The highest BCUT2D eigenvalue weighted by Crippen LogP contribution is 2.08. The fraction of sp³-hybridized carbons (Fsp3) is 0.556. The Bertz CT molecular complexity index is 288. The minimum atomic E-state index is 0.0905. The molecule has 1 atom stereocenters. The van der Waals surface area contributed by atoms with Crippen molar-refractivity contribution in [2.45, 2.75) is 12.3 Å². The van der Waals surface area contributed by atoms with Crippen molar-refractivity contribution >= 4 is 23.4 Å². The molecule has 0 spiro atoms. The predicted molar refractivity (Wildman–Crippen MR) is 60.2 cm³/mol. The molecule has 1 N–H and O–H groups in total. The lowest BCUT2D eigenvalue weighted by molar-refractivity contribution is 0.955. The molecule has 0 saturated carbocycles. The minimum absolute atomic E-state index is 0.0905. The minimum Gasteiger partial charge on any atom is -0.368 e. The van der Waals surface area contributed by atoms with Gasteiger partial charge in [-0.3, -0.25) is 0 Å². The molecule has 1 aromatic heterocycles. The lowest BCUT2D eigenvalue weighted by Gasteiger charge is -2.12. The Kier molecular flexibility index (Phi) is 3.95. The van der Waals surface area contributed by atoms with Gasteiger partial charge < -0.3 is 10.2 Å². The van der Waals surface area contributed by atoms with Gasteiger partial charge in [0.05, 0.1) is 0 Å². The maximum atomic E-state index is 5.81. The zero-order valence-corrected chi connectivity index (χ0v) is 9.41. The van der Waals surface area contributed by atoms with Crippen LogP contribution in [0.2, 0.25) is 0 Å². The van der Waals surface area contributed by atoms with Gasteiger partial charge in [0, 0.05) is 32.2 Å². The van der Waals surface area contributed by atoms with Gasteiger partial charge in [0.1, 0.15) is 5.82 Å². The van der Waals surface area contributed by atoms with Crippen LogP contribution in [0.4, 0.5) is 11.8 Å². The van der Waals surface area contributed by atoms with E-state index < -0.39 is 0 Å². The first-order chi connectivity index (χ1) is 6.59. The predicted octanol–water partition coefficient (Wildman–Crippen LogP) is 1.58. The van der Waals surface area contributed by atoms with E-state index in [0.29, 0.717) is 12.5 Å². The zero-order valence-electron chi connectivity index (χ0n) is 8.66. The molecule has 0 aromatic carbocycles. The van der Waals surface area contributed by atoms with E-state index in [9.17, 15) is 0 Å². The van der Waals surface area contributed by atoms with Crippen molar-refractivity contribution in [1.29, 1.82) is 0 Å². The van der Waals surface area contributed by atoms with Gasteiger partial charge in [0.2, 0.25) is 5.95 Å². The molecule has 0 aliphatic rings. The summed E-state index contributed by atoms with van der Waals surface area (Å²) in [6, 6.07) is 1.83. The fourth-order valence-corrected chi connectivity index (χ4v) is 0.985. The highest BCUT2D eigenvalue weighted by molar-refractivity contribution is 6.20. The van der Waals surface area contributed by atoms with Crippen LogP contribution in [-0.4, -0.2) is 36.0 Å². The van der Waals surface area contributed by atoms with Crippen LogP contribution in [0, 0.1) is 0 Å². The Morgan fingerprint density at radius 1 is 1.57 bits per heavy atom. The molecule has 0 saturated heterocycles. The van der Waals surface area contributed by atoms with Crippen molar-refractivity contribution < 1.29 is 0 Å². The first kappa shape index (κ1) is 11.0. The summed E-state index contributed by atoms with van der Waals surface area (Å²) < 4.78 is 0. The van der Waals surface area contributed by atoms with E-state index in [1.165, 1.54) is 0 Å². The number of halogens is 1. The molecule has 0 radical (unpaired) electrons. The van der Waals surface area contributed by atoms with Crippen LogP contribution in [-0.2, 0) is 0 Å². The molecule has 0 fully saturated rings. The molecular formula is C9H15ClN4. The second-order valence-electron chi connectivity index (χ2n) is 3.30. The van der Waals surface area contributed by atoms with Gasteiger partial charge in [-0.25, -0.2) is 4.98 Å². The SMILES string of the molecule is CC(Cl)CNc1ccnc(N(C)C)n1. The number of nitrogens with zero attached hydrogens (tertiary/aromatic N) is 3. The van der Waals surface area contributed by atoms with Crippen molar-refractivity contribution in [1.82, 2.24) is 9.97 Å². The first-order valence-electron chi connectivity index (χ1n) is 4.48. The molecule has 1 rings (SSSR count). The summed E-state index contributed by atoms with van der Waals surface area (Å²) in [6.07, 6.45) is 1.73. The van der Waals surface area contributed by atoms with Crippen LogP contribution in [0.15, 0.2) is 12.3 Å². The molecule has 1 aromatic rings. The third kappa shape index (κ3) is 3.38. The monoisotopic (exact) mass is 214 g/mol. The van der Waals surface area contributed by atoms with Crippen LogP contribution in [0.5, 0.6) is 0 Å². The Morgan fingerprint density at radius 2 is 2.29 bits per heavy atom. The van der Waals surface area contributed by atoms with Crippen LogP contribution in [0.25, 0.3) is 0 Å². The molecule has 0 aliphatic carbocycles. The third-order valence-electron chi connectivity index (χ3n) is 1.61. The lowest BCUT2D eigenvalue weighted by atomic mass is 10.4. The Balaban J connectivity index is 2.64. The number of hydrogen-bond acceptors (Lipinski definition) is 4. The van der Waals surface area contributed by atoms with Crippen molar-refractivity contribution in [2.75, 3.05) is 30.9 Å². The molecule has 78 valence electrons. The molecule has 0 amide bonds. The van der Waals surface area contributed by atoms with Crippen molar-refractivity contribution in [3.8, 4) is 0 Å². The number of aromatic nitrogens is 2. The smallest absolute Gasteiger partial charge is 0.226 e. The summed E-state index contributed by atoms with van der Waals surface area (Å²) in [5, 5.41) is 3.22. The summed E-state index contributed by atoms with van der Waals surface area (Å²) in [6.45, 7) is 2.63. The highest BCUT2D eigenvalue weighted by Gasteiger charge is 2.01. The van der Waals surface area contributed by atoms with Crippen molar-refractivity contribution in [3.05, 3.63) is 12.3 Å². The van der Waals surface area contributed by atoms with Crippen LogP contribution >= 0.6 is 11.6 Å². The zero-order chi connectivity index (χ0) is 10.6. The first-order valence-corrected chi connectivity index (χ1v) is 4.91. The molecule has 4 nitrogen and oxygen atoms in total. The number of alkyl halides is 1. The van der Waals surface area contributed by atoms with Gasteiger partial charge >= 0.3 is 0 Å². The Labute approximate surface area is 89.3 Å². The quantitative estimate of drug-likeness (QED) is 0.773. The van der Waals surface area contributed by atoms with E-state index in [2.05, 4.69) is 15.3 Å². The highest BCUT2D eigenvalue weighted by atomic mass is 35.5. The van der Waals surface area contributed by atoms with Gasteiger partial charge in [0.15, 0.2) is 0 Å². The molecule has 1 heterocycles. The van der Waals surface area contributed by atoms with Crippen LogP contribution in [0.3, 0.4) is 0 Å². The lowest BCUT2D eigenvalue weighted by Crippen LogP contribution is -2.15. The van der Waals surface area contributed by atoms with Crippen LogP contribution in [0.1, 0.15) is 6.92 Å². The van der Waals surface area contributed by atoms with E-state index in [4.69, 9.17) is 11.6 Å². The number of rotatable bonds is 4. The maximum Gasteiger partial charge on any atom is 0.226 e. The topological polar surface area (TPSA) is 41.1 Å². The summed E-state index contributed by atoms with van der Waals surface area (Å²) in [5.41, 5.74) is 0. The summed E-state index contributed by atoms with van der Waals surface area (Å²) >= 11 is 5.81. The summed E-state index contributed by atoms with van der Waals surface area (Å²) in [7, 11) is 3.81. The number of nitrogens with one attached hydrogen (secondary N) is 1. The largest absolute Gasteiger partial charge is 0.368 e. The average molecular weight is 215 g/mol. The number of hydrogen-bond donors (Lipinski definition) is 1. The molecular weight excluding hydrogens is 200 g/mol. The van der Waals surface area contributed by atoms with Gasteiger partial charge in [-0.2, -0.15) is 4.98 Å². The van der Waals surface area contributed by atoms with Gasteiger partial charge in [-0.05, 0) is 13.0 Å². The standard InChI is InChI=1S/C9H15ClN4/c1-7(10)6-12-8-4-5-11-9(13-8)14(2)3/h4-5,7H,6H2,1-3H3,(H,11,12,13). The van der Waals surface area contributed by atoms with Gasteiger partial charge in [-0.1, -0.05) is 0 Å². The second-order valence-corrected chi connectivity index (χ2v) is 4.04. The van der Waals surface area contributed by atoms with Crippen LogP contribution < -0.4 is 10.2 Å². The van der Waals surface area contributed by atoms with E-state index in [0.717, 1.165) is 5.82 Å². The number of anilines is 2. The molecule has 1 unspecified atom stereocenters. The van der Waals surface area contributed by atoms with Gasteiger partial charge in [-0.15, -0.1) is 11.6 Å². The molecule has 0 bridgehead atoms. The summed E-state index contributed by atoms with van der Waals surface area (Å²) in [4.78, 5) is 10.3. The van der Waals surface area contributed by atoms with E-state index in [1.54, 1.807) is 6.20 Å².